The first kappa shape index (κ1) is 23.2. The Kier molecular flexibility index (Phi) is 6.35. The van der Waals surface area contributed by atoms with Crippen molar-refractivity contribution in [1.82, 2.24) is 9.78 Å². The quantitative estimate of drug-likeness (QED) is 0.243. The molecule has 4 aromatic rings. The number of hydrogen-bond donors (Lipinski definition) is 1. The van der Waals surface area contributed by atoms with Crippen molar-refractivity contribution in [2.75, 3.05) is 5.32 Å². The Morgan fingerprint density at radius 3 is 2.43 bits per heavy atom. The van der Waals surface area contributed by atoms with Gasteiger partial charge in [-0.05, 0) is 36.4 Å². The Labute approximate surface area is 215 Å². The molecule has 1 aliphatic rings. The molecule has 1 atom stereocenters. The summed E-state index contributed by atoms with van der Waals surface area (Å²) in [7, 11) is 0. The molecule has 0 fully saturated rings. The van der Waals surface area contributed by atoms with Gasteiger partial charge in [0.15, 0.2) is 5.92 Å². The molecular formula is C26H16Cl2N4O2S. The molecule has 9 heteroatoms. The highest BCUT2D eigenvalue weighted by Gasteiger charge is 2.35. The van der Waals surface area contributed by atoms with Crippen molar-refractivity contribution >= 4 is 52.3 Å². The molecular weight excluding hydrogens is 503 g/mol. The van der Waals surface area contributed by atoms with Gasteiger partial charge in [0.05, 0.1) is 17.5 Å². The minimum absolute atomic E-state index is 0.0767. The monoisotopic (exact) mass is 518 g/mol. The Morgan fingerprint density at radius 1 is 1.03 bits per heavy atom. The minimum Gasteiger partial charge on any atom is -0.325 e. The summed E-state index contributed by atoms with van der Waals surface area (Å²) in [5.41, 5.74) is 3.40. The largest absolute Gasteiger partial charge is 0.325 e. The Morgan fingerprint density at radius 2 is 1.71 bits per heavy atom. The predicted octanol–water partition coefficient (Wildman–Crippen LogP) is 6.41. The number of hydrogen-bond acceptors (Lipinski definition) is 5. The molecule has 0 radical (unpaired) electrons. The van der Waals surface area contributed by atoms with Gasteiger partial charge < -0.3 is 5.32 Å². The molecule has 0 spiro atoms. The van der Waals surface area contributed by atoms with Gasteiger partial charge in [-0.15, -0.1) is 11.8 Å². The molecule has 2 heterocycles. The number of benzene rings is 3. The van der Waals surface area contributed by atoms with Crippen molar-refractivity contribution in [1.29, 1.82) is 5.26 Å². The maximum Gasteiger partial charge on any atom is 0.249 e. The highest BCUT2D eigenvalue weighted by Crippen LogP contribution is 2.44. The number of Topliss-reactive ketones (excluding diaryl/α,β-unsaturated/α-hetero) is 1. The van der Waals surface area contributed by atoms with Gasteiger partial charge >= 0.3 is 0 Å². The molecule has 1 aliphatic heterocycles. The van der Waals surface area contributed by atoms with Crippen LogP contribution in [0.25, 0.3) is 16.9 Å². The average Bonchev–Trinajstić information content (AvgIpc) is 3.25. The number of thioether (sulfide) groups is 1. The summed E-state index contributed by atoms with van der Waals surface area (Å²) >= 11 is 14.1. The first-order chi connectivity index (χ1) is 17.0. The number of halogens is 2. The lowest BCUT2D eigenvalue weighted by molar-refractivity contribution is -0.117. The minimum atomic E-state index is -1.56. The van der Waals surface area contributed by atoms with Gasteiger partial charge in [-0.25, -0.2) is 4.68 Å². The summed E-state index contributed by atoms with van der Waals surface area (Å²) in [5, 5.41) is 17.8. The predicted molar refractivity (Wildman–Crippen MR) is 137 cm³/mol. The third-order valence-electron chi connectivity index (χ3n) is 5.52. The molecule has 172 valence electrons. The fourth-order valence-electron chi connectivity index (χ4n) is 3.96. The van der Waals surface area contributed by atoms with E-state index in [2.05, 4.69) is 10.4 Å². The smallest absolute Gasteiger partial charge is 0.249 e. The van der Waals surface area contributed by atoms with Crippen LogP contribution < -0.4 is 5.32 Å². The zero-order chi connectivity index (χ0) is 24.5. The molecule has 0 bridgehead atoms. The number of para-hydroxylation sites is 1. The van der Waals surface area contributed by atoms with Crippen LogP contribution in [0.5, 0.6) is 0 Å². The van der Waals surface area contributed by atoms with Gasteiger partial charge in [0.1, 0.15) is 5.69 Å². The molecule has 6 nitrogen and oxygen atoms in total. The second-order valence-corrected chi connectivity index (χ2v) is 9.67. The lowest BCUT2D eigenvalue weighted by atomic mass is 9.97. The highest BCUT2D eigenvalue weighted by molar-refractivity contribution is 7.98. The van der Waals surface area contributed by atoms with Crippen LogP contribution in [-0.4, -0.2) is 21.5 Å². The maximum absolute atomic E-state index is 13.5. The third kappa shape index (κ3) is 4.44. The average molecular weight is 519 g/mol. The number of nitrogens with one attached hydrogen (secondary N) is 1. The van der Waals surface area contributed by atoms with E-state index in [-0.39, 0.29) is 5.69 Å². The number of carbonyl (C=O) groups excluding carboxylic acids is 2. The van der Waals surface area contributed by atoms with Crippen molar-refractivity contribution in [3.05, 3.63) is 94.1 Å². The summed E-state index contributed by atoms with van der Waals surface area (Å²) < 4.78 is 1.61. The number of anilines is 1. The maximum atomic E-state index is 13.5. The normalized spacial score (nSPS) is 12.7. The lowest BCUT2D eigenvalue weighted by Crippen LogP contribution is -2.29. The fraction of sp³-hybridized carbons (Fsp3) is 0.0769. The first-order valence-corrected chi connectivity index (χ1v) is 12.3. The van der Waals surface area contributed by atoms with Crippen LogP contribution in [0.15, 0.2) is 77.7 Å². The van der Waals surface area contributed by atoms with Crippen LogP contribution in [0.4, 0.5) is 5.69 Å². The summed E-state index contributed by atoms with van der Waals surface area (Å²) in [6.07, 6.45) is 0. The number of rotatable bonds is 5. The van der Waals surface area contributed by atoms with Crippen molar-refractivity contribution in [2.24, 2.45) is 5.92 Å². The molecule has 0 saturated heterocycles. The SMILES string of the molecule is N#CC(C(=O)Nc1ccccc1)C(=O)c1nn(-c2cc(Cl)cc(Cl)c2)c2c1CSc1ccccc1-2. The highest BCUT2D eigenvalue weighted by atomic mass is 35.5. The van der Waals surface area contributed by atoms with Crippen molar-refractivity contribution in [3.8, 4) is 23.0 Å². The van der Waals surface area contributed by atoms with Gasteiger partial charge in [-0.3, -0.25) is 9.59 Å². The number of carbonyl (C=O) groups is 2. The van der Waals surface area contributed by atoms with Gasteiger partial charge in [0, 0.05) is 37.5 Å². The van der Waals surface area contributed by atoms with Crippen molar-refractivity contribution < 1.29 is 9.59 Å². The topological polar surface area (TPSA) is 87.8 Å². The van der Waals surface area contributed by atoms with E-state index in [0.717, 1.165) is 10.5 Å². The summed E-state index contributed by atoms with van der Waals surface area (Å²) in [4.78, 5) is 27.4. The van der Waals surface area contributed by atoms with E-state index in [0.29, 0.717) is 38.4 Å². The van der Waals surface area contributed by atoms with E-state index in [9.17, 15) is 14.9 Å². The van der Waals surface area contributed by atoms with Gasteiger partial charge in [-0.2, -0.15) is 10.4 Å². The Bertz CT molecular complexity index is 1490. The van der Waals surface area contributed by atoms with Crippen LogP contribution in [0.3, 0.4) is 0 Å². The number of fused-ring (bicyclic) bond motifs is 3. The number of nitriles is 1. The van der Waals surface area contributed by atoms with Crippen LogP contribution in [-0.2, 0) is 10.5 Å². The van der Waals surface area contributed by atoms with E-state index >= 15 is 0 Å². The van der Waals surface area contributed by atoms with Gasteiger partial charge in [0.2, 0.25) is 11.7 Å². The Hall–Kier alpha value is -3.57. The van der Waals surface area contributed by atoms with Crippen LogP contribution in [0.1, 0.15) is 16.1 Å². The van der Waals surface area contributed by atoms with E-state index in [1.165, 1.54) is 0 Å². The zero-order valence-corrected chi connectivity index (χ0v) is 20.4. The molecule has 3 aromatic carbocycles. The van der Waals surface area contributed by atoms with Crippen LogP contribution >= 0.6 is 35.0 Å². The van der Waals surface area contributed by atoms with Crippen molar-refractivity contribution in [3.63, 3.8) is 0 Å². The number of amides is 1. The number of nitrogens with zero attached hydrogens (tertiary/aromatic N) is 3. The molecule has 1 amide bonds. The van der Waals surface area contributed by atoms with Crippen LogP contribution in [0, 0.1) is 17.2 Å². The lowest BCUT2D eigenvalue weighted by Gasteiger charge is -2.18. The van der Waals surface area contributed by atoms with E-state index in [1.54, 1.807) is 65.0 Å². The molecule has 5 rings (SSSR count). The summed E-state index contributed by atoms with van der Waals surface area (Å²) in [5.74, 6) is -2.47. The molecule has 0 saturated carbocycles. The fourth-order valence-corrected chi connectivity index (χ4v) is 5.54. The first-order valence-electron chi connectivity index (χ1n) is 10.6. The zero-order valence-electron chi connectivity index (χ0n) is 18.0. The molecule has 35 heavy (non-hydrogen) atoms. The number of ketones is 1. The molecule has 1 N–H and O–H groups in total. The molecule has 0 aliphatic carbocycles. The summed E-state index contributed by atoms with van der Waals surface area (Å²) in [6, 6.07) is 23.3. The van der Waals surface area contributed by atoms with E-state index < -0.39 is 17.6 Å². The Balaban J connectivity index is 1.62. The summed E-state index contributed by atoms with van der Waals surface area (Å²) in [6.45, 7) is 0. The van der Waals surface area contributed by atoms with Gasteiger partial charge in [-0.1, -0.05) is 59.6 Å². The van der Waals surface area contributed by atoms with Gasteiger partial charge in [0.25, 0.3) is 0 Å². The third-order valence-corrected chi connectivity index (χ3v) is 7.05. The van der Waals surface area contributed by atoms with E-state index in [4.69, 9.17) is 23.2 Å². The van der Waals surface area contributed by atoms with E-state index in [1.807, 2.05) is 30.3 Å². The second-order valence-electron chi connectivity index (χ2n) is 7.78. The second kappa shape index (κ2) is 9.59. The molecule has 1 aromatic heterocycles. The standard InChI is InChI=1S/C26H16Cl2N4O2S/c27-15-10-16(28)12-18(11-15)32-24-19-8-4-5-9-22(19)35-14-21(24)23(31-32)25(33)20(13-29)26(34)30-17-6-2-1-3-7-17/h1-12,20H,14H2,(H,30,34). The molecule has 1 unspecified atom stereocenters. The van der Waals surface area contributed by atoms with Crippen LogP contribution in [0.2, 0.25) is 10.0 Å². The van der Waals surface area contributed by atoms with Crippen molar-refractivity contribution in [2.45, 2.75) is 10.6 Å². The number of aromatic nitrogens is 2.